The number of aromatic nitrogens is 5. The molecule has 0 aromatic carbocycles. The number of nitrogens with two attached hydrogens (primary N) is 1. The Hall–Kier alpha value is -3.11. The van der Waals surface area contributed by atoms with Crippen LogP contribution < -0.4 is 20.6 Å². The number of halogens is 3. The minimum Gasteiger partial charge on any atom is -0.473 e. The maximum Gasteiger partial charge on any atom is 0.428 e. The van der Waals surface area contributed by atoms with Gasteiger partial charge in [-0.25, -0.2) is 9.89 Å². The van der Waals surface area contributed by atoms with Gasteiger partial charge in [-0.1, -0.05) is 4.98 Å². The van der Waals surface area contributed by atoms with Crippen molar-refractivity contribution in [1.29, 1.82) is 0 Å². The molecule has 3 N–H and O–H groups in total. The van der Waals surface area contributed by atoms with E-state index in [0.29, 0.717) is 11.1 Å². The van der Waals surface area contributed by atoms with Crippen molar-refractivity contribution in [3.63, 3.8) is 0 Å². The van der Waals surface area contributed by atoms with Crippen molar-refractivity contribution in [2.24, 2.45) is 0 Å². The molecule has 8 nitrogen and oxygen atoms in total. The minimum absolute atomic E-state index is 0.140. The summed E-state index contributed by atoms with van der Waals surface area (Å²) in [7, 11) is 1.39. The normalized spacial score (nSPS) is 11.9. The summed E-state index contributed by atoms with van der Waals surface area (Å²) in [5.41, 5.74) is 7.78. The van der Waals surface area contributed by atoms with Crippen LogP contribution in [0.3, 0.4) is 0 Å². The van der Waals surface area contributed by atoms with Crippen molar-refractivity contribution in [3.8, 4) is 17.0 Å². The summed E-state index contributed by atoms with van der Waals surface area (Å²) >= 11 is 0. The molecular weight excluding hydrogens is 365 g/mol. The maximum absolute atomic E-state index is 12.6. The van der Waals surface area contributed by atoms with Crippen LogP contribution in [0.2, 0.25) is 0 Å². The van der Waals surface area contributed by atoms with E-state index in [1.54, 1.807) is 26.0 Å². The van der Waals surface area contributed by atoms with E-state index in [1.165, 1.54) is 7.11 Å². The number of pyridine rings is 1. The number of fused-ring (bicyclic) bond motifs is 1. The first-order valence-corrected chi connectivity index (χ1v) is 8.01. The van der Waals surface area contributed by atoms with Crippen LogP contribution in [-0.2, 0) is 6.54 Å². The lowest BCUT2D eigenvalue weighted by Gasteiger charge is -2.08. The summed E-state index contributed by atoms with van der Waals surface area (Å²) in [4.78, 5) is 20.9. The topological polar surface area (TPSA) is 103 Å². The average molecular weight is 383 g/mol. The second kappa shape index (κ2) is 6.56. The van der Waals surface area contributed by atoms with Crippen LogP contribution in [0, 0.1) is 13.8 Å². The zero-order valence-corrected chi connectivity index (χ0v) is 14.9. The predicted molar refractivity (Wildman–Crippen MR) is 90.3 cm³/mol. The van der Waals surface area contributed by atoms with Crippen molar-refractivity contribution in [2.45, 2.75) is 33.0 Å². The summed E-state index contributed by atoms with van der Waals surface area (Å²) in [5.74, 6) is -0.0539. The summed E-state index contributed by atoms with van der Waals surface area (Å²) in [6, 6.07) is 3.52. The van der Waals surface area contributed by atoms with Gasteiger partial charge >= 0.3 is 17.8 Å². The highest BCUT2D eigenvalue weighted by molar-refractivity contribution is 5.80. The van der Waals surface area contributed by atoms with Crippen LogP contribution in [0.1, 0.15) is 17.8 Å². The molecule has 27 heavy (non-hydrogen) atoms. The smallest absolute Gasteiger partial charge is 0.428 e. The Balaban J connectivity index is 2.29. The Morgan fingerprint density at radius 2 is 1.89 bits per heavy atom. The van der Waals surface area contributed by atoms with Gasteiger partial charge < -0.3 is 10.5 Å². The van der Waals surface area contributed by atoms with Gasteiger partial charge in [0.05, 0.1) is 20.1 Å². The van der Waals surface area contributed by atoms with Gasteiger partial charge in [0.15, 0.2) is 0 Å². The van der Waals surface area contributed by atoms with Crippen LogP contribution in [0.25, 0.3) is 16.8 Å². The second-order valence-electron chi connectivity index (χ2n) is 6.09. The molecule has 0 amide bonds. The molecule has 0 unspecified atom stereocenters. The zero-order chi connectivity index (χ0) is 19.9. The average Bonchev–Trinajstić information content (AvgIpc) is 2.88. The maximum atomic E-state index is 12.6. The Morgan fingerprint density at radius 1 is 1.26 bits per heavy atom. The van der Waals surface area contributed by atoms with Crippen molar-refractivity contribution in [2.75, 3.05) is 12.8 Å². The molecule has 3 aromatic heterocycles. The number of nitrogens with one attached hydrogen (secondary N) is 1. The van der Waals surface area contributed by atoms with E-state index in [1.807, 2.05) is 0 Å². The third-order valence-corrected chi connectivity index (χ3v) is 3.96. The van der Waals surface area contributed by atoms with Crippen molar-refractivity contribution in [3.05, 3.63) is 34.0 Å². The third-order valence-electron chi connectivity index (χ3n) is 3.96. The fraction of sp³-hybridized carbons (Fsp3) is 0.375. The van der Waals surface area contributed by atoms with E-state index in [4.69, 9.17) is 10.5 Å². The third kappa shape index (κ3) is 3.57. The van der Waals surface area contributed by atoms with Gasteiger partial charge in [-0.3, -0.25) is 4.98 Å². The first kappa shape index (κ1) is 18.7. The monoisotopic (exact) mass is 383 g/mol. The minimum atomic E-state index is -4.40. The highest BCUT2D eigenvalue weighted by atomic mass is 19.4. The van der Waals surface area contributed by atoms with E-state index in [9.17, 15) is 18.0 Å². The summed E-state index contributed by atoms with van der Waals surface area (Å²) in [6.45, 7) is 3.03. The second-order valence-corrected chi connectivity index (χ2v) is 6.09. The Bertz CT molecular complexity index is 1050. The van der Waals surface area contributed by atoms with Crippen molar-refractivity contribution < 1.29 is 22.3 Å². The lowest BCUT2D eigenvalue weighted by molar-refractivity contribution is -0.517. The lowest BCUT2D eigenvalue weighted by atomic mass is 10.1. The van der Waals surface area contributed by atoms with E-state index >= 15 is 0 Å². The number of nitrogens with zero attached hydrogens (tertiary/aromatic N) is 4. The number of alkyl halides is 3. The molecule has 3 heterocycles. The van der Waals surface area contributed by atoms with Gasteiger partial charge in [0.2, 0.25) is 5.65 Å². The molecule has 0 spiro atoms. The molecule has 0 radical (unpaired) electrons. The number of nitrogen functional groups attached to an aromatic ring is 1. The SMILES string of the molecule is COc1nc(N)[n+]2c(=O)n(CCC(F)(F)F)[nH]c2c1-c1cc(C)nc(C)c1. The largest absolute Gasteiger partial charge is 0.473 e. The number of anilines is 1. The molecule has 0 bridgehead atoms. The van der Waals surface area contributed by atoms with Gasteiger partial charge in [0.1, 0.15) is 5.56 Å². The van der Waals surface area contributed by atoms with Crippen LogP contribution in [0.5, 0.6) is 5.88 Å². The number of hydrogen-bond donors (Lipinski definition) is 2. The van der Waals surface area contributed by atoms with Crippen molar-refractivity contribution in [1.82, 2.24) is 19.7 Å². The molecule has 0 saturated carbocycles. The number of aryl methyl sites for hydroxylation is 3. The van der Waals surface area contributed by atoms with Gasteiger partial charge in [-0.15, -0.1) is 4.40 Å². The highest BCUT2D eigenvalue weighted by Crippen LogP contribution is 2.31. The van der Waals surface area contributed by atoms with Crippen LogP contribution in [0.15, 0.2) is 16.9 Å². The van der Waals surface area contributed by atoms with Crippen LogP contribution in [-0.4, -0.2) is 33.0 Å². The predicted octanol–water partition coefficient (Wildman–Crippen LogP) is 1.53. The molecule has 0 aliphatic heterocycles. The molecule has 144 valence electrons. The standard InChI is InChI=1S/C16H17F3N6O2/c1-8-6-10(7-9(2)21-8)11-12-23-24(5-4-16(17,18)19)15(26)25(12)14(20)22-13(11)27-3/h6-7H,4-5H2,1-3H3,(H2,20,21,22,23)/p+1. The summed E-state index contributed by atoms with van der Waals surface area (Å²) in [6.07, 6.45) is -5.56. The van der Waals surface area contributed by atoms with E-state index in [2.05, 4.69) is 15.1 Å². The van der Waals surface area contributed by atoms with E-state index in [-0.39, 0.29) is 17.5 Å². The molecule has 0 saturated heterocycles. The molecule has 3 rings (SSSR count). The molecular formula is C16H18F3N6O2+. The first-order valence-electron chi connectivity index (χ1n) is 8.01. The Labute approximate surface area is 151 Å². The molecule has 0 atom stereocenters. The van der Waals surface area contributed by atoms with Crippen LogP contribution >= 0.6 is 0 Å². The fourth-order valence-corrected chi connectivity index (χ4v) is 2.91. The fourth-order valence-electron chi connectivity index (χ4n) is 2.91. The van der Waals surface area contributed by atoms with E-state index in [0.717, 1.165) is 20.5 Å². The highest BCUT2D eigenvalue weighted by Gasteiger charge is 2.30. The number of methoxy groups -OCH3 is 1. The number of rotatable bonds is 4. The van der Waals surface area contributed by atoms with Gasteiger partial charge in [0.25, 0.3) is 5.88 Å². The van der Waals surface area contributed by atoms with E-state index < -0.39 is 24.8 Å². The van der Waals surface area contributed by atoms with Gasteiger partial charge in [-0.2, -0.15) is 17.9 Å². The number of aromatic amines is 1. The quantitative estimate of drug-likeness (QED) is 0.665. The van der Waals surface area contributed by atoms with Gasteiger partial charge in [-0.05, 0) is 31.5 Å². The molecule has 0 fully saturated rings. The Morgan fingerprint density at radius 3 is 2.44 bits per heavy atom. The van der Waals surface area contributed by atoms with Crippen LogP contribution in [0.4, 0.5) is 19.1 Å². The number of ether oxygens (including phenoxy) is 1. The Kier molecular flexibility index (Phi) is 4.54. The first-order chi connectivity index (χ1) is 12.6. The zero-order valence-electron chi connectivity index (χ0n) is 14.9. The summed E-state index contributed by atoms with van der Waals surface area (Å²) in [5, 5.41) is 2.70. The summed E-state index contributed by atoms with van der Waals surface area (Å²) < 4.78 is 44.9. The van der Waals surface area contributed by atoms with Gasteiger partial charge in [0, 0.05) is 11.4 Å². The number of H-pyrrole nitrogens is 1. The molecule has 0 aliphatic carbocycles. The molecule has 11 heteroatoms. The lowest BCUT2D eigenvalue weighted by Crippen LogP contribution is -2.44. The number of hydrogen-bond acceptors (Lipinski definition) is 5. The molecule has 0 aliphatic rings. The van der Waals surface area contributed by atoms with Crippen molar-refractivity contribution >= 4 is 11.6 Å². The molecule has 3 aromatic rings.